The summed E-state index contributed by atoms with van der Waals surface area (Å²) in [5.41, 5.74) is 0.497. The Labute approximate surface area is 86.1 Å². The van der Waals surface area contributed by atoms with Crippen LogP contribution < -0.4 is 0 Å². The largest absolute Gasteiger partial charge is 0.368 e. The molecule has 1 aromatic heterocycles. The van der Waals surface area contributed by atoms with Crippen LogP contribution in [0.2, 0.25) is 0 Å². The Morgan fingerprint density at radius 2 is 2.29 bits per heavy atom. The molecule has 14 heavy (non-hydrogen) atoms. The number of hydrogen-bond acceptors (Lipinski definition) is 5. The molecule has 1 aromatic rings. The second kappa shape index (κ2) is 4.52. The molecule has 0 aliphatic carbocycles. The fourth-order valence-electron chi connectivity index (χ4n) is 1.21. The zero-order chi connectivity index (χ0) is 9.80. The van der Waals surface area contributed by atoms with Crippen molar-refractivity contribution in [1.29, 1.82) is 0 Å². The zero-order valence-corrected chi connectivity index (χ0v) is 8.37. The molecule has 0 amide bonds. The molecule has 1 aliphatic rings. The number of carbonyl (C=O) groups excluding carboxylic acids is 1. The van der Waals surface area contributed by atoms with E-state index in [9.17, 15) is 4.79 Å². The SMILES string of the molecule is O=Cc1cnc(C2CSCCO2)nc1. The molecule has 0 bridgehead atoms. The molecule has 5 heteroatoms. The van der Waals surface area contributed by atoms with Gasteiger partial charge in [-0.3, -0.25) is 4.79 Å². The maximum absolute atomic E-state index is 10.4. The van der Waals surface area contributed by atoms with Gasteiger partial charge in [-0.15, -0.1) is 0 Å². The summed E-state index contributed by atoms with van der Waals surface area (Å²) in [7, 11) is 0. The molecule has 0 spiro atoms. The van der Waals surface area contributed by atoms with E-state index in [1.165, 1.54) is 12.4 Å². The summed E-state index contributed by atoms with van der Waals surface area (Å²) in [5.74, 6) is 2.59. The number of rotatable bonds is 2. The molecule has 1 atom stereocenters. The van der Waals surface area contributed by atoms with Gasteiger partial charge in [0.25, 0.3) is 0 Å². The van der Waals surface area contributed by atoms with Gasteiger partial charge in [0.05, 0.1) is 12.2 Å². The van der Waals surface area contributed by atoms with E-state index >= 15 is 0 Å². The van der Waals surface area contributed by atoms with Gasteiger partial charge in [0.15, 0.2) is 12.1 Å². The van der Waals surface area contributed by atoms with Crippen molar-refractivity contribution in [3.63, 3.8) is 0 Å². The van der Waals surface area contributed by atoms with Crippen LogP contribution in [0.5, 0.6) is 0 Å². The Kier molecular flexibility index (Phi) is 3.10. The zero-order valence-electron chi connectivity index (χ0n) is 7.55. The number of nitrogens with zero attached hydrogens (tertiary/aromatic N) is 2. The van der Waals surface area contributed by atoms with Crippen molar-refractivity contribution in [1.82, 2.24) is 9.97 Å². The third-order valence-electron chi connectivity index (χ3n) is 1.93. The number of aldehydes is 1. The lowest BCUT2D eigenvalue weighted by Gasteiger charge is -2.20. The molecule has 0 saturated carbocycles. The quantitative estimate of drug-likeness (QED) is 0.684. The monoisotopic (exact) mass is 210 g/mol. The van der Waals surface area contributed by atoms with E-state index in [2.05, 4.69) is 9.97 Å². The fraction of sp³-hybridized carbons (Fsp3) is 0.444. The molecule has 2 rings (SSSR count). The summed E-state index contributed by atoms with van der Waals surface area (Å²) in [5, 5.41) is 0. The number of thioether (sulfide) groups is 1. The first-order valence-corrected chi connectivity index (χ1v) is 5.52. The summed E-state index contributed by atoms with van der Waals surface area (Å²) in [6.07, 6.45) is 3.77. The van der Waals surface area contributed by atoms with Crippen LogP contribution in [0.15, 0.2) is 12.4 Å². The van der Waals surface area contributed by atoms with Crippen LogP contribution in [0.3, 0.4) is 0 Å². The van der Waals surface area contributed by atoms with Crippen molar-refractivity contribution in [2.75, 3.05) is 18.1 Å². The van der Waals surface area contributed by atoms with Crippen molar-refractivity contribution in [3.8, 4) is 0 Å². The average Bonchev–Trinajstić information content (AvgIpc) is 2.30. The number of hydrogen-bond donors (Lipinski definition) is 0. The Hall–Kier alpha value is -0.940. The second-order valence-electron chi connectivity index (χ2n) is 2.93. The molecule has 2 heterocycles. The van der Waals surface area contributed by atoms with Gasteiger partial charge in [0.1, 0.15) is 6.10 Å². The predicted octanol–water partition coefficient (Wildman–Crippen LogP) is 1.09. The summed E-state index contributed by atoms with van der Waals surface area (Å²) in [4.78, 5) is 18.6. The molecule has 0 aromatic carbocycles. The third-order valence-corrected chi connectivity index (χ3v) is 2.93. The molecule has 4 nitrogen and oxygen atoms in total. The standard InChI is InChI=1S/C9H10N2O2S/c12-5-7-3-10-9(11-4-7)8-6-14-2-1-13-8/h3-5,8H,1-2,6H2. The lowest BCUT2D eigenvalue weighted by molar-refractivity contribution is 0.0693. The number of carbonyl (C=O) groups is 1. The first-order valence-electron chi connectivity index (χ1n) is 4.36. The van der Waals surface area contributed by atoms with Gasteiger partial charge in [0.2, 0.25) is 0 Å². The van der Waals surface area contributed by atoms with E-state index < -0.39 is 0 Å². The van der Waals surface area contributed by atoms with Crippen LogP contribution in [-0.2, 0) is 4.74 Å². The van der Waals surface area contributed by atoms with Gasteiger partial charge in [0, 0.05) is 23.9 Å². The highest BCUT2D eigenvalue weighted by Gasteiger charge is 2.18. The maximum atomic E-state index is 10.4. The minimum absolute atomic E-state index is 0.0190. The van der Waals surface area contributed by atoms with E-state index in [1.807, 2.05) is 11.8 Å². The van der Waals surface area contributed by atoms with E-state index in [0.29, 0.717) is 11.4 Å². The van der Waals surface area contributed by atoms with Crippen LogP contribution in [0, 0.1) is 0 Å². The molecular weight excluding hydrogens is 200 g/mol. The predicted molar refractivity (Wildman–Crippen MR) is 53.4 cm³/mol. The lowest BCUT2D eigenvalue weighted by atomic mass is 10.3. The average molecular weight is 210 g/mol. The van der Waals surface area contributed by atoms with Crippen molar-refractivity contribution in [2.45, 2.75) is 6.10 Å². The minimum atomic E-state index is -0.0190. The fourth-order valence-corrected chi connectivity index (χ4v) is 2.05. The lowest BCUT2D eigenvalue weighted by Crippen LogP contribution is -2.18. The summed E-state index contributed by atoms with van der Waals surface area (Å²) < 4.78 is 5.50. The minimum Gasteiger partial charge on any atom is -0.368 e. The van der Waals surface area contributed by atoms with Crippen molar-refractivity contribution in [3.05, 3.63) is 23.8 Å². The topological polar surface area (TPSA) is 52.1 Å². The van der Waals surface area contributed by atoms with Crippen LogP contribution in [0.25, 0.3) is 0 Å². The number of ether oxygens (including phenoxy) is 1. The molecule has 1 saturated heterocycles. The van der Waals surface area contributed by atoms with E-state index in [4.69, 9.17) is 4.74 Å². The highest BCUT2D eigenvalue weighted by atomic mass is 32.2. The molecule has 0 radical (unpaired) electrons. The van der Waals surface area contributed by atoms with Gasteiger partial charge < -0.3 is 4.74 Å². The van der Waals surface area contributed by atoms with E-state index in [-0.39, 0.29) is 6.10 Å². The normalized spacial score (nSPS) is 21.9. The van der Waals surface area contributed by atoms with Crippen molar-refractivity contribution >= 4 is 18.0 Å². The molecule has 1 aliphatic heterocycles. The Bertz CT molecular complexity index is 309. The molecule has 1 fully saturated rings. The second-order valence-corrected chi connectivity index (χ2v) is 4.08. The summed E-state index contributed by atoms with van der Waals surface area (Å²) >= 11 is 1.83. The molecule has 1 unspecified atom stereocenters. The van der Waals surface area contributed by atoms with Crippen LogP contribution in [0.1, 0.15) is 22.3 Å². The Morgan fingerprint density at radius 3 is 2.86 bits per heavy atom. The molecular formula is C9H10N2O2S. The van der Waals surface area contributed by atoms with Crippen LogP contribution in [-0.4, -0.2) is 34.4 Å². The Morgan fingerprint density at radius 1 is 1.50 bits per heavy atom. The van der Waals surface area contributed by atoms with E-state index in [0.717, 1.165) is 24.4 Å². The highest BCUT2D eigenvalue weighted by Crippen LogP contribution is 2.23. The third kappa shape index (κ3) is 2.10. The first-order chi connectivity index (χ1) is 6.90. The van der Waals surface area contributed by atoms with Crippen LogP contribution >= 0.6 is 11.8 Å². The number of aromatic nitrogens is 2. The first kappa shape index (κ1) is 9.61. The Balaban J connectivity index is 2.11. The van der Waals surface area contributed by atoms with Gasteiger partial charge in [-0.05, 0) is 0 Å². The van der Waals surface area contributed by atoms with Gasteiger partial charge in [-0.25, -0.2) is 9.97 Å². The van der Waals surface area contributed by atoms with Crippen molar-refractivity contribution < 1.29 is 9.53 Å². The molecule has 74 valence electrons. The van der Waals surface area contributed by atoms with Gasteiger partial charge >= 0.3 is 0 Å². The van der Waals surface area contributed by atoms with Gasteiger partial charge in [-0.2, -0.15) is 11.8 Å². The van der Waals surface area contributed by atoms with Crippen molar-refractivity contribution in [2.24, 2.45) is 0 Å². The molecule has 0 N–H and O–H groups in total. The maximum Gasteiger partial charge on any atom is 0.157 e. The van der Waals surface area contributed by atoms with Gasteiger partial charge in [-0.1, -0.05) is 0 Å². The van der Waals surface area contributed by atoms with Crippen LogP contribution in [0.4, 0.5) is 0 Å². The smallest absolute Gasteiger partial charge is 0.157 e. The summed E-state index contributed by atoms with van der Waals surface area (Å²) in [6.45, 7) is 0.744. The summed E-state index contributed by atoms with van der Waals surface area (Å²) in [6, 6.07) is 0. The van der Waals surface area contributed by atoms with E-state index in [1.54, 1.807) is 0 Å². The highest BCUT2D eigenvalue weighted by molar-refractivity contribution is 7.99.